The van der Waals surface area contributed by atoms with Gasteiger partial charge in [-0.25, -0.2) is 15.0 Å². The number of halogens is 1. The van der Waals surface area contributed by atoms with E-state index in [2.05, 4.69) is 26.4 Å². The van der Waals surface area contributed by atoms with Gasteiger partial charge in [0.1, 0.15) is 18.0 Å². The summed E-state index contributed by atoms with van der Waals surface area (Å²) >= 11 is 8.18. The first kappa shape index (κ1) is 27.5. The molecule has 0 spiro atoms. The predicted octanol–water partition coefficient (Wildman–Crippen LogP) is 6.55. The predicted molar refractivity (Wildman–Crippen MR) is 146 cm³/mol. The number of nitrogens with zero attached hydrogens (tertiary/aromatic N) is 4. The van der Waals surface area contributed by atoms with Crippen LogP contribution in [0.15, 0.2) is 52.3 Å². The molecule has 9 heteroatoms. The molecule has 7 nitrogen and oxygen atoms in total. The van der Waals surface area contributed by atoms with Crippen molar-refractivity contribution >= 4 is 40.9 Å². The van der Waals surface area contributed by atoms with Crippen molar-refractivity contribution in [1.29, 1.82) is 0 Å². The van der Waals surface area contributed by atoms with Gasteiger partial charge in [-0.05, 0) is 83.2 Å². The Morgan fingerprint density at radius 2 is 1.97 bits per heavy atom. The molecule has 2 aromatic heterocycles. The molecule has 0 aliphatic heterocycles. The van der Waals surface area contributed by atoms with Crippen LogP contribution in [0.5, 0.6) is 0 Å². The molecule has 1 aromatic carbocycles. The number of benzene rings is 1. The van der Waals surface area contributed by atoms with Gasteiger partial charge in [0.15, 0.2) is 5.82 Å². The number of carbonyl (C=O) groups is 1. The van der Waals surface area contributed by atoms with Gasteiger partial charge in [0.25, 0.3) is 0 Å². The first-order chi connectivity index (χ1) is 16.9. The van der Waals surface area contributed by atoms with Gasteiger partial charge in [-0.15, -0.1) is 11.3 Å². The van der Waals surface area contributed by atoms with Gasteiger partial charge >= 0.3 is 0 Å². The molecule has 3 aromatic rings. The van der Waals surface area contributed by atoms with Crippen molar-refractivity contribution in [2.75, 3.05) is 4.90 Å². The summed E-state index contributed by atoms with van der Waals surface area (Å²) in [6, 6.07) is 7.37. The van der Waals surface area contributed by atoms with Gasteiger partial charge in [-0.3, -0.25) is 9.69 Å². The van der Waals surface area contributed by atoms with Crippen LogP contribution in [0.2, 0.25) is 5.02 Å². The highest BCUT2D eigenvalue weighted by Crippen LogP contribution is 2.33. The molecule has 0 radical (unpaired) electrons. The van der Waals surface area contributed by atoms with Gasteiger partial charge in [-0.1, -0.05) is 17.7 Å². The zero-order chi connectivity index (χ0) is 26.6. The zero-order valence-electron chi connectivity index (χ0n) is 21.6. The Labute approximate surface area is 221 Å². The number of ether oxygens (including phenoxy) is 1. The maximum Gasteiger partial charge on any atom is 0.219 e. The summed E-state index contributed by atoms with van der Waals surface area (Å²) in [6.45, 7) is 13.1. The minimum absolute atomic E-state index is 0.302. The van der Waals surface area contributed by atoms with Crippen molar-refractivity contribution in [1.82, 2.24) is 9.97 Å². The van der Waals surface area contributed by atoms with E-state index in [4.69, 9.17) is 16.3 Å². The third-order valence-corrected chi connectivity index (χ3v) is 6.53. The van der Waals surface area contributed by atoms with Crippen molar-refractivity contribution in [3.05, 3.63) is 74.1 Å². The number of aliphatic imine (C=N–C) groups is 1. The minimum atomic E-state index is -1.20. The molecule has 0 aliphatic rings. The molecule has 0 aliphatic carbocycles. The average Bonchev–Trinajstić information content (AvgIpc) is 3.22. The number of allylic oxidation sites excluding steroid dienone is 1. The molecule has 2 heterocycles. The highest BCUT2D eigenvalue weighted by Gasteiger charge is 2.22. The van der Waals surface area contributed by atoms with Crippen LogP contribution in [0.1, 0.15) is 56.4 Å². The molecule has 0 atom stereocenters. The zero-order valence-corrected chi connectivity index (χ0v) is 23.2. The van der Waals surface area contributed by atoms with Crippen LogP contribution in [0, 0.1) is 13.8 Å². The highest BCUT2D eigenvalue weighted by atomic mass is 35.5. The van der Waals surface area contributed by atoms with Crippen LogP contribution < -0.4 is 4.90 Å². The van der Waals surface area contributed by atoms with Crippen LogP contribution in [-0.2, 0) is 21.7 Å². The van der Waals surface area contributed by atoms with Crippen LogP contribution in [0.4, 0.5) is 5.69 Å². The summed E-state index contributed by atoms with van der Waals surface area (Å²) in [4.78, 5) is 28.2. The number of amides is 1. The summed E-state index contributed by atoms with van der Waals surface area (Å²) < 4.78 is 5.97. The second kappa shape index (κ2) is 11.3. The number of rotatable bonds is 8. The number of aromatic nitrogens is 2. The third kappa shape index (κ3) is 6.57. The van der Waals surface area contributed by atoms with Crippen LogP contribution in [0.3, 0.4) is 0 Å². The third-order valence-electron chi connectivity index (χ3n) is 5.30. The first-order valence-electron chi connectivity index (χ1n) is 11.4. The van der Waals surface area contributed by atoms with Crippen molar-refractivity contribution in [3.8, 4) is 11.3 Å². The Kier molecular flexibility index (Phi) is 8.66. The van der Waals surface area contributed by atoms with Gasteiger partial charge < -0.3 is 9.84 Å². The summed E-state index contributed by atoms with van der Waals surface area (Å²) in [5, 5.41) is 12.8. The Bertz CT molecular complexity index is 1320. The summed E-state index contributed by atoms with van der Waals surface area (Å²) in [5.74, 6) is 1.14. The summed E-state index contributed by atoms with van der Waals surface area (Å²) in [6.07, 6.45) is 2.34. The molecular formula is C27H31ClN4O3S. The monoisotopic (exact) mass is 526 g/mol. The maximum atomic E-state index is 12.2. The lowest BCUT2D eigenvalue weighted by Gasteiger charge is -2.21. The van der Waals surface area contributed by atoms with E-state index in [1.807, 2.05) is 33.8 Å². The normalized spacial score (nSPS) is 11.9. The molecule has 0 saturated heterocycles. The lowest BCUT2D eigenvalue weighted by molar-refractivity contribution is -0.106. The lowest BCUT2D eigenvalue weighted by Crippen LogP contribution is -2.27. The van der Waals surface area contributed by atoms with Gasteiger partial charge in [0.05, 0.1) is 16.4 Å². The van der Waals surface area contributed by atoms with Crippen LogP contribution in [0.25, 0.3) is 11.3 Å². The second-order valence-electron chi connectivity index (χ2n) is 9.24. The molecular weight excluding hydrogens is 496 g/mol. The molecule has 36 heavy (non-hydrogen) atoms. The van der Waals surface area contributed by atoms with Crippen LogP contribution >= 0.6 is 22.9 Å². The minimum Gasteiger partial charge on any atom is -0.473 e. The maximum absolute atomic E-state index is 12.2. The lowest BCUT2D eigenvalue weighted by atomic mass is 10.0. The number of amidine groups is 1. The number of hydrogen-bond donors (Lipinski definition) is 1. The SMILES string of the molecule is CC(C)=C(/N=C(/C)N(C=O)c1cc(-c2nc(C(C)(C)O)ncc2C)ccc1Cl)OCc1csc(C)c1. The van der Waals surface area contributed by atoms with Crippen molar-refractivity contribution in [2.24, 2.45) is 4.99 Å². The van der Waals surface area contributed by atoms with E-state index in [0.717, 1.165) is 22.3 Å². The summed E-state index contributed by atoms with van der Waals surface area (Å²) in [7, 11) is 0. The summed E-state index contributed by atoms with van der Waals surface area (Å²) in [5.41, 5.74) is 3.39. The molecule has 0 bridgehead atoms. The van der Waals surface area contributed by atoms with E-state index in [1.165, 1.54) is 9.78 Å². The molecule has 0 fully saturated rings. The molecule has 1 N–H and O–H groups in total. The fourth-order valence-electron chi connectivity index (χ4n) is 3.40. The van der Waals surface area contributed by atoms with Crippen molar-refractivity contribution in [2.45, 2.75) is 60.7 Å². The largest absolute Gasteiger partial charge is 0.473 e. The van der Waals surface area contributed by atoms with Crippen molar-refractivity contribution < 1.29 is 14.6 Å². The number of carbonyl (C=O) groups excluding carboxylic acids is 1. The van der Waals surface area contributed by atoms with E-state index in [0.29, 0.717) is 47.0 Å². The fraction of sp³-hybridized carbons (Fsp3) is 0.333. The van der Waals surface area contributed by atoms with E-state index in [-0.39, 0.29) is 0 Å². The standard InChI is InChI=1S/C27H31ClN4O3S/c1-16(2)25(35-13-20-10-18(4)36-14-20)30-19(5)32(15-33)23-11-21(8-9-22(23)28)24-17(3)12-29-26(31-24)27(6,7)34/h8-12,14-15,34H,13H2,1-7H3/b30-19-. The van der Waals surface area contributed by atoms with Gasteiger partial charge in [0.2, 0.25) is 12.3 Å². The quantitative estimate of drug-likeness (QED) is 0.155. The smallest absolute Gasteiger partial charge is 0.219 e. The fourth-order valence-corrected chi connectivity index (χ4v) is 4.30. The molecule has 1 amide bonds. The Hall–Kier alpha value is -3.07. The first-order valence-corrected chi connectivity index (χ1v) is 12.7. The van der Waals surface area contributed by atoms with E-state index in [1.54, 1.807) is 50.4 Å². The molecule has 0 unspecified atom stereocenters. The van der Waals surface area contributed by atoms with Crippen LogP contribution in [-0.4, -0.2) is 27.3 Å². The Balaban J connectivity index is 1.97. The number of thiophene rings is 1. The van der Waals surface area contributed by atoms with E-state index >= 15 is 0 Å². The average molecular weight is 527 g/mol. The number of anilines is 1. The van der Waals surface area contributed by atoms with E-state index in [9.17, 15) is 9.90 Å². The highest BCUT2D eigenvalue weighted by molar-refractivity contribution is 7.10. The van der Waals surface area contributed by atoms with E-state index < -0.39 is 5.60 Å². The number of aryl methyl sites for hydroxylation is 2. The Morgan fingerprint density at radius 1 is 1.25 bits per heavy atom. The molecule has 0 saturated carbocycles. The molecule has 3 rings (SSSR count). The number of aliphatic hydroxyl groups is 1. The van der Waals surface area contributed by atoms with Gasteiger partial charge in [-0.2, -0.15) is 0 Å². The van der Waals surface area contributed by atoms with Crippen molar-refractivity contribution in [3.63, 3.8) is 0 Å². The topological polar surface area (TPSA) is 87.9 Å². The molecule has 190 valence electrons. The van der Waals surface area contributed by atoms with Gasteiger partial charge in [0, 0.05) is 22.2 Å². The number of hydrogen-bond acceptors (Lipinski definition) is 7. The second-order valence-corrected chi connectivity index (χ2v) is 10.8. The Morgan fingerprint density at radius 3 is 2.56 bits per heavy atom.